The van der Waals surface area contributed by atoms with Crippen molar-refractivity contribution in [3.8, 4) is 0 Å². The first-order valence-corrected chi connectivity index (χ1v) is 8.09. The normalized spacial score (nSPS) is 16.1. The van der Waals surface area contributed by atoms with Gasteiger partial charge in [-0.15, -0.1) is 0 Å². The Morgan fingerprint density at radius 1 is 1.32 bits per heavy atom. The van der Waals surface area contributed by atoms with Crippen molar-refractivity contribution >= 4 is 34.0 Å². The summed E-state index contributed by atoms with van der Waals surface area (Å²) in [5.74, 6) is 1.31. The number of pyridine rings is 1. The molecule has 1 aliphatic rings. The number of aromatic nitrogens is 3. The number of H-pyrrole nitrogens is 1. The predicted molar refractivity (Wildman–Crippen MR) is 97.1 cm³/mol. The number of amides is 2. The second-order valence-corrected chi connectivity index (χ2v) is 6.26. The molecule has 25 heavy (non-hydrogen) atoms. The van der Waals surface area contributed by atoms with Crippen LogP contribution in [0.25, 0.3) is 10.8 Å². The van der Waals surface area contributed by atoms with Crippen LogP contribution in [0.3, 0.4) is 0 Å². The summed E-state index contributed by atoms with van der Waals surface area (Å²) in [7, 11) is 0. The number of nitrogens with zero attached hydrogens (tertiary/aromatic N) is 2. The van der Waals surface area contributed by atoms with Crippen molar-refractivity contribution in [2.45, 2.75) is 13.5 Å². The van der Waals surface area contributed by atoms with Gasteiger partial charge in [-0.25, -0.2) is 9.48 Å². The quantitative estimate of drug-likeness (QED) is 0.576. The number of carbonyl (C=O) groups excluding carboxylic acids is 1. The van der Waals surface area contributed by atoms with Crippen LogP contribution in [0, 0.1) is 5.92 Å². The van der Waals surface area contributed by atoms with Crippen molar-refractivity contribution in [1.82, 2.24) is 14.8 Å². The molecule has 0 radical (unpaired) electrons. The molecule has 0 bridgehead atoms. The molecule has 0 saturated heterocycles. The maximum Gasteiger partial charge on any atom is 0.323 e. The van der Waals surface area contributed by atoms with E-state index in [-0.39, 0.29) is 11.6 Å². The van der Waals surface area contributed by atoms with Crippen LogP contribution < -0.4 is 21.5 Å². The zero-order valence-electron chi connectivity index (χ0n) is 13.7. The van der Waals surface area contributed by atoms with Crippen LogP contribution in [0.5, 0.6) is 0 Å². The summed E-state index contributed by atoms with van der Waals surface area (Å²) in [4.78, 5) is 26.6. The van der Waals surface area contributed by atoms with Crippen molar-refractivity contribution in [1.29, 1.82) is 0 Å². The molecule has 8 nitrogen and oxygen atoms in total. The van der Waals surface area contributed by atoms with E-state index in [9.17, 15) is 9.59 Å². The van der Waals surface area contributed by atoms with Crippen molar-refractivity contribution in [3.63, 3.8) is 0 Å². The molecule has 128 valence electrons. The molecule has 2 aromatic heterocycles. The van der Waals surface area contributed by atoms with E-state index in [2.05, 4.69) is 33.0 Å². The molecule has 0 saturated carbocycles. The first-order chi connectivity index (χ1) is 12.1. The van der Waals surface area contributed by atoms with Crippen LogP contribution in [0.1, 0.15) is 6.92 Å². The van der Waals surface area contributed by atoms with Gasteiger partial charge in [0.05, 0.1) is 6.20 Å². The van der Waals surface area contributed by atoms with E-state index in [0.717, 1.165) is 24.3 Å². The van der Waals surface area contributed by atoms with Gasteiger partial charge < -0.3 is 20.9 Å². The zero-order valence-corrected chi connectivity index (χ0v) is 13.7. The second-order valence-electron chi connectivity index (χ2n) is 6.26. The molecule has 3 heterocycles. The SMILES string of the molecule is CC1CNc2c(NC(=O)Nc3ccc4c(=O)[nH]ccc4c3)cnn2C1. The minimum absolute atomic E-state index is 0.152. The van der Waals surface area contributed by atoms with E-state index in [1.165, 1.54) is 0 Å². The number of benzene rings is 1. The van der Waals surface area contributed by atoms with Crippen molar-refractivity contribution in [3.05, 3.63) is 47.0 Å². The number of anilines is 3. The number of hydrogen-bond donors (Lipinski definition) is 4. The molecule has 0 aliphatic carbocycles. The van der Waals surface area contributed by atoms with Gasteiger partial charge >= 0.3 is 6.03 Å². The lowest BCUT2D eigenvalue weighted by atomic mass is 10.1. The lowest BCUT2D eigenvalue weighted by Crippen LogP contribution is -2.27. The molecule has 4 N–H and O–H groups in total. The molecule has 1 atom stereocenters. The number of hydrogen-bond acceptors (Lipinski definition) is 4. The van der Waals surface area contributed by atoms with Crippen LogP contribution in [0.15, 0.2) is 41.5 Å². The summed E-state index contributed by atoms with van der Waals surface area (Å²) >= 11 is 0. The third kappa shape index (κ3) is 2.93. The molecule has 4 rings (SSSR count). The minimum Gasteiger partial charge on any atom is -0.368 e. The topological polar surface area (TPSA) is 104 Å². The third-order valence-corrected chi connectivity index (χ3v) is 4.22. The van der Waals surface area contributed by atoms with Gasteiger partial charge in [-0.1, -0.05) is 6.92 Å². The van der Waals surface area contributed by atoms with Gasteiger partial charge in [-0.05, 0) is 35.6 Å². The first kappa shape index (κ1) is 15.3. The molecule has 3 aromatic rings. The number of urea groups is 1. The fourth-order valence-electron chi connectivity index (χ4n) is 2.99. The monoisotopic (exact) mass is 338 g/mol. The zero-order chi connectivity index (χ0) is 17.4. The molecule has 1 unspecified atom stereocenters. The highest BCUT2D eigenvalue weighted by molar-refractivity contribution is 6.02. The summed E-state index contributed by atoms with van der Waals surface area (Å²) in [5.41, 5.74) is 1.10. The van der Waals surface area contributed by atoms with E-state index < -0.39 is 0 Å². The van der Waals surface area contributed by atoms with Crippen LogP contribution >= 0.6 is 0 Å². The first-order valence-electron chi connectivity index (χ1n) is 8.09. The Labute approximate surface area is 143 Å². The lowest BCUT2D eigenvalue weighted by Gasteiger charge is -2.22. The standard InChI is InChI=1S/C17H18N6O2/c1-10-7-19-15-14(8-20-23(15)9-10)22-17(25)21-12-2-3-13-11(6-12)4-5-18-16(13)24/h2-6,8,10,19H,7,9H2,1H3,(H,18,24)(H2,21,22,25). The Balaban J connectivity index is 1.50. The Hall–Kier alpha value is -3.29. The fraction of sp³-hybridized carbons (Fsp3) is 0.235. The van der Waals surface area contributed by atoms with Gasteiger partial charge in [0.2, 0.25) is 0 Å². The molecule has 0 fully saturated rings. The van der Waals surface area contributed by atoms with Gasteiger partial charge in [0, 0.05) is 30.4 Å². The molecule has 8 heteroatoms. The predicted octanol–water partition coefficient (Wildman–Crippen LogP) is 2.43. The van der Waals surface area contributed by atoms with Crippen molar-refractivity contribution in [2.24, 2.45) is 5.92 Å². The smallest absolute Gasteiger partial charge is 0.323 e. The summed E-state index contributed by atoms with van der Waals surface area (Å²) in [6.45, 7) is 3.81. The summed E-state index contributed by atoms with van der Waals surface area (Å²) < 4.78 is 1.85. The average molecular weight is 338 g/mol. The van der Waals surface area contributed by atoms with Gasteiger partial charge in [0.15, 0.2) is 0 Å². The van der Waals surface area contributed by atoms with Gasteiger partial charge in [0.25, 0.3) is 5.56 Å². The number of rotatable bonds is 2. The van der Waals surface area contributed by atoms with Crippen molar-refractivity contribution in [2.75, 3.05) is 22.5 Å². The average Bonchev–Trinajstić information content (AvgIpc) is 2.96. The van der Waals surface area contributed by atoms with E-state index in [0.29, 0.717) is 22.7 Å². The van der Waals surface area contributed by atoms with E-state index >= 15 is 0 Å². The van der Waals surface area contributed by atoms with Gasteiger partial charge in [0.1, 0.15) is 11.5 Å². The number of nitrogens with one attached hydrogen (secondary N) is 4. The maximum atomic E-state index is 12.3. The van der Waals surface area contributed by atoms with Crippen LogP contribution in [-0.2, 0) is 6.54 Å². The second kappa shape index (κ2) is 5.97. The van der Waals surface area contributed by atoms with Crippen LogP contribution in [0.4, 0.5) is 22.0 Å². The molecule has 2 amide bonds. The highest BCUT2D eigenvalue weighted by atomic mass is 16.2. The highest BCUT2D eigenvalue weighted by Gasteiger charge is 2.19. The number of aromatic amines is 1. The van der Waals surface area contributed by atoms with Gasteiger partial charge in [-0.2, -0.15) is 5.10 Å². The summed E-state index contributed by atoms with van der Waals surface area (Å²) in [6.07, 6.45) is 3.22. The molecule has 0 spiro atoms. The van der Waals surface area contributed by atoms with E-state index in [1.807, 2.05) is 4.68 Å². The highest BCUT2D eigenvalue weighted by Crippen LogP contribution is 2.26. The largest absolute Gasteiger partial charge is 0.368 e. The minimum atomic E-state index is -0.361. The van der Waals surface area contributed by atoms with Gasteiger partial charge in [-0.3, -0.25) is 4.79 Å². The lowest BCUT2D eigenvalue weighted by molar-refractivity contribution is 0.262. The summed E-state index contributed by atoms with van der Waals surface area (Å²) in [6, 6.07) is 6.58. The van der Waals surface area contributed by atoms with Crippen LogP contribution in [-0.4, -0.2) is 27.3 Å². The Bertz CT molecular complexity index is 1010. The van der Waals surface area contributed by atoms with Crippen molar-refractivity contribution < 1.29 is 4.79 Å². The Kier molecular flexibility index (Phi) is 3.64. The van der Waals surface area contributed by atoms with E-state index in [4.69, 9.17) is 0 Å². The number of carbonyl (C=O) groups is 1. The number of fused-ring (bicyclic) bond motifs is 2. The van der Waals surface area contributed by atoms with E-state index in [1.54, 1.807) is 36.7 Å². The third-order valence-electron chi connectivity index (χ3n) is 4.22. The Morgan fingerprint density at radius 2 is 2.20 bits per heavy atom. The maximum absolute atomic E-state index is 12.3. The Morgan fingerprint density at radius 3 is 3.08 bits per heavy atom. The molecule has 1 aromatic carbocycles. The molecular formula is C17H18N6O2. The molecule has 1 aliphatic heterocycles. The van der Waals surface area contributed by atoms with Crippen LogP contribution in [0.2, 0.25) is 0 Å². The fourth-order valence-corrected chi connectivity index (χ4v) is 2.99. The summed E-state index contributed by atoms with van der Waals surface area (Å²) in [5, 5.41) is 14.5. The molecular weight excluding hydrogens is 320 g/mol.